The number of rotatable bonds is 5. The number of hydrogen-bond acceptors (Lipinski definition) is 2. The highest BCUT2D eigenvalue weighted by Crippen LogP contribution is 2.24. The first-order valence-corrected chi connectivity index (χ1v) is 9.66. The van der Waals surface area contributed by atoms with E-state index in [1.54, 1.807) is 0 Å². The van der Waals surface area contributed by atoms with Gasteiger partial charge >= 0.3 is 0 Å². The number of hydrogen-bond donors (Lipinski definition) is 2. The van der Waals surface area contributed by atoms with Gasteiger partial charge in [-0.2, -0.15) is 0 Å². The Kier molecular flexibility index (Phi) is 6.26. The zero-order chi connectivity index (χ0) is 18.4. The van der Waals surface area contributed by atoms with Crippen molar-refractivity contribution in [1.82, 2.24) is 15.6 Å². The summed E-state index contributed by atoms with van der Waals surface area (Å²) in [6.07, 6.45) is 7.97. The summed E-state index contributed by atoms with van der Waals surface area (Å²) in [7, 11) is 1.82. The van der Waals surface area contributed by atoms with Gasteiger partial charge in [0.25, 0.3) is 0 Å². The third kappa shape index (κ3) is 4.84. The van der Waals surface area contributed by atoms with Gasteiger partial charge in [-0.05, 0) is 74.3 Å². The minimum Gasteiger partial charge on any atom is -0.356 e. The molecule has 0 aliphatic heterocycles. The van der Waals surface area contributed by atoms with Crippen molar-refractivity contribution in [1.29, 1.82) is 0 Å². The van der Waals surface area contributed by atoms with E-state index in [0.717, 1.165) is 24.6 Å². The number of aryl methyl sites for hydroxylation is 3. The molecule has 1 unspecified atom stereocenters. The van der Waals surface area contributed by atoms with Crippen molar-refractivity contribution < 1.29 is 0 Å². The van der Waals surface area contributed by atoms with Gasteiger partial charge in [-0.1, -0.05) is 24.3 Å². The molecule has 3 rings (SSSR count). The second kappa shape index (κ2) is 8.84. The van der Waals surface area contributed by atoms with E-state index < -0.39 is 0 Å². The largest absolute Gasteiger partial charge is 0.356 e. The van der Waals surface area contributed by atoms with Crippen molar-refractivity contribution in [2.75, 3.05) is 13.6 Å². The van der Waals surface area contributed by atoms with Crippen molar-refractivity contribution in [3.63, 3.8) is 0 Å². The van der Waals surface area contributed by atoms with E-state index in [9.17, 15) is 0 Å². The molecule has 26 heavy (non-hydrogen) atoms. The van der Waals surface area contributed by atoms with Crippen LogP contribution in [0.2, 0.25) is 0 Å². The zero-order valence-corrected chi connectivity index (χ0v) is 16.2. The van der Waals surface area contributed by atoms with Gasteiger partial charge in [0.2, 0.25) is 0 Å². The molecule has 1 aliphatic rings. The van der Waals surface area contributed by atoms with Crippen molar-refractivity contribution in [3.05, 3.63) is 64.5 Å². The van der Waals surface area contributed by atoms with Gasteiger partial charge in [-0.3, -0.25) is 9.98 Å². The molecule has 2 N–H and O–H groups in total. The Balaban J connectivity index is 1.53. The maximum atomic E-state index is 4.37. The van der Waals surface area contributed by atoms with Crippen LogP contribution in [0, 0.1) is 6.92 Å². The topological polar surface area (TPSA) is 49.3 Å². The second-order valence-corrected chi connectivity index (χ2v) is 7.16. The summed E-state index contributed by atoms with van der Waals surface area (Å²) in [6.45, 7) is 5.04. The molecule has 1 aromatic carbocycles. The summed E-state index contributed by atoms with van der Waals surface area (Å²) >= 11 is 0. The molecule has 0 bridgehead atoms. The van der Waals surface area contributed by atoms with E-state index in [1.807, 2.05) is 20.2 Å². The van der Waals surface area contributed by atoms with E-state index in [4.69, 9.17) is 0 Å². The number of benzene rings is 1. The Labute approximate surface area is 157 Å². The first-order valence-electron chi connectivity index (χ1n) is 9.66. The van der Waals surface area contributed by atoms with Crippen LogP contribution in [-0.4, -0.2) is 24.5 Å². The molecule has 4 nitrogen and oxygen atoms in total. The highest BCUT2D eigenvalue weighted by atomic mass is 15.2. The van der Waals surface area contributed by atoms with Gasteiger partial charge in [0.15, 0.2) is 5.96 Å². The van der Waals surface area contributed by atoms with Gasteiger partial charge in [-0.15, -0.1) is 0 Å². The van der Waals surface area contributed by atoms with E-state index in [2.05, 4.69) is 57.9 Å². The predicted octanol–water partition coefficient (Wildman–Crippen LogP) is 3.74. The molecule has 0 amide bonds. The fourth-order valence-corrected chi connectivity index (χ4v) is 3.48. The number of aromatic nitrogens is 1. The number of pyridine rings is 1. The minimum absolute atomic E-state index is 0.231. The summed E-state index contributed by atoms with van der Waals surface area (Å²) in [5.41, 5.74) is 6.68. The molecule has 4 heteroatoms. The normalized spacial score (nSPS) is 15.3. The second-order valence-electron chi connectivity index (χ2n) is 7.16. The van der Waals surface area contributed by atoms with Crippen LogP contribution in [0.15, 0.2) is 41.5 Å². The summed E-state index contributed by atoms with van der Waals surface area (Å²) in [5.74, 6) is 0.843. The summed E-state index contributed by atoms with van der Waals surface area (Å²) in [4.78, 5) is 8.71. The molecule has 0 saturated carbocycles. The van der Waals surface area contributed by atoms with Crippen molar-refractivity contribution in [3.8, 4) is 0 Å². The summed E-state index contributed by atoms with van der Waals surface area (Å²) in [6, 6.07) is 11.4. The van der Waals surface area contributed by atoms with Crippen LogP contribution in [0.25, 0.3) is 0 Å². The molecule has 138 valence electrons. The maximum absolute atomic E-state index is 4.37. The molecule has 0 saturated heterocycles. The van der Waals surface area contributed by atoms with Crippen LogP contribution >= 0.6 is 0 Å². The van der Waals surface area contributed by atoms with Gasteiger partial charge in [0.05, 0.1) is 6.04 Å². The Hall–Kier alpha value is -2.36. The van der Waals surface area contributed by atoms with E-state index >= 15 is 0 Å². The van der Waals surface area contributed by atoms with Crippen LogP contribution in [0.4, 0.5) is 0 Å². The first-order chi connectivity index (χ1) is 12.7. The number of fused-ring (bicyclic) bond motifs is 1. The summed E-state index contributed by atoms with van der Waals surface area (Å²) < 4.78 is 0. The smallest absolute Gasteiger partial charge is 0.191 e. The molecule has 1 atom stereocenters. The summed E-state index contributed by atoms with van der Waals surface area (Å²) in [5, 5.41) is 6.92. The SMILES string of the molecule is CN=C(NCCc1ccc(C)nc1)NC(C)c1ccc2c(c1)CCCC2. The number of aliphatic imine (C=N–C) groups is 1. The predicted molar refractivity (Wildman–Crippen MR) is 109 cm³/mol. The standard InChI is InChI=1S/C22H30N4/c1-16-8-9-18(15-25-16)12-13-24-22(23-3)26-17(2)20-11-10-19-6-4-5-7-21(19)14-20/h8-11,14-15,17H,4-7,12-13H2,1-3H3,(H2,23,24,26). The molecular weight excluding hydrogens is 320 g/mol. The fraction of sp³-hybridized carbons (Fsp3) is 0.455. The molecule has 0 fully saturated rings. The number of nitrogens with one attached hydrogen (secondary N) is 2. The van der Waals surface area contributed by atoms with Crippen molar-refractivity contribution in [2.24, 2.45) is 4.99 Å². The minimum atomic E-state index is 0.231. The van der Waals surface area contributed by atoms with E-state index in [0.29, 0.717) is 0 Å². The first kappa shape index (κ1) is 18.4. The van der Waals surface area contributed by atoms with Crippen LogP contribution < -0.4 is 10.6 Å². The van der Waals surface area contributed by atoms with Gasteiger partial charge in [0, 0.05) is 25.5 Å². The average molecular weight is 351 g/mol. The quantitative estimate of drug-likeness (QED) is 0.638. The van der Waals surface area contributed by atoms with Crippen LogP contribution in [0.1, 0.15) is 53.8 Å². The molecular formula is C22H30N4. The Morgan fingerprint density at radius 1 is 1.15 bits per heavy atom. The van der Waals surface area contributed by atoms with Crippen molar-refractivity contribution >= 4 is 5.96 Å². The van der Waals surface area contributed by atoms with Crippen LogP contribution in [0.3, 0.4) is 0 Å². The Morgan fingerprint density at radius 3 is 2.69 bits per heavy atom. The lowest BCUT2D eigenvalue weighted by molar-refractivity contribution is 0.665. The fourth-order valence-electron chi connectivity index (χ4n) is 3.48. The molecule has 2 aromatic rings. The average Bonchev–Trinajstić information content (AvgIpc) is 2.68. The number of guanidine groups is 1. The Morgan fingerprint density at radius 2 is 1.96 bits per heavy atom. The molecule has 1 heterocycles. The van der Waals surface area contributed by atoms with E-state index in [1.165, 1.54) is 47.9 Å². The van der Waals surface area contributed by atoms with Crippen molar-refractivity contribution in [2.45, 2.75) is 52.0 Å². The number of nitrogens with zero attached hydrogens (tertiary/aromatic N) is 2. The zero-order valence-electron chi connectivity index (χ0n) is 16.2. The van der Waals surface area contributed by atoms with Gasteiger partial charge < -0.3 is 10.6 Å². The van der Waals surface area contributed by atoms with Gasteiger partial charge in [-0.25, -0.2) is 0 Å². The molecule has 0 radical (unpaired) electrons. The van der Waals surface area contributed by atoms with Crippen LogP contribution in [0.5, 0.6) is 0 Å². The lowest BCUT2D eigenvalue weighted by Crippen LogP contribution is -2.39. The lowest BCUT2D eigenvalue weighted by atomic mass is 9.89. The van der Waals surface area contributed by atoms with Gasteiger partial charge in [0.1, 0.15) is 0 Å². The maximum Gasteiger partial charge on any atom is 0.191 e. The lowest BCUT2D eigenvalue weighted by Gasteiger charge is -2.21. The highest BCUT2D eigenvalue weighted by Gasteiger charge is 2.13. The monoisotopic (exact) mass is 350 g/mol. The molecule has 1 aliphatic carbocycles. The third-order valence-electron chi connectivity index (χ3n) is 5.13. The molecule has 1 aromatic heterocycles. The van der Waals surface area contributed by atoms with Crippen LogP contribution in [-0.2, 0) is 19.3 Å². The highest BCUT2D eigenvalue weighted by molar-refractivity contribution is 5.80. The molecule has 0 spiro atoms. The van der Waals surface area contributed by atoms with E-state index in [-0.39, 0.29) is 6.04 Å². The third-order valence-corrected chi connectivity index (χ3v) is 5.13. The Bertz CT molecular complexity index is 749.